The number of hydrogen-bond donors (Lipinski definition) is 0. The molecule has 6 heteroatoms. The summed E-state index contributed by atoms with van der Waals surface area (Å²) in [5.41, 5.74) is 0. The number of allylic oxidation sites excluding steroid dienone is 18. The molecule has 0 spiro atoms. The van der Waals surface area contributed by atoms with Crippen molar-refractivity contribution in [2.45, 2.75) is 303 Å². The maximum absolute atomic E-state index is 12.9. The van der Waals surface area contributed by atoms with Gasteiger partial charge < -0.3 is 14.2 Å². The van der Waals surface area contributed by atoms with Crippen molar-refractivity contribution in [1.82, 2.24) is 0 Å². The molecule has 0 amide bonds. The van der Waals surface area contributed by atoms with E-state index in [-0.39, 0.29) is 31.1 Å². The number of unbranched alkanes of at least 4 members (excludes halogenated alkanes) is 28. The van der Waals surface area contributed by atoms with Crippen LogP contribution in [-0.4, -0.2) is 37.2 Å². The topological polar surface area (TPSA) is 78.9 Å². The average molecular weight is 1060 g/mol. The summed E-state index contributed by atoms with van der Waals surface area (Å²) < 4.78 is 16.9. The maximum atomic E-state index is 12.9. The highest BCUT2D eigenvalue weighted by Crippen LogP contribution is 2.15. The first kappa shape index (κ1) is 72.1. The molecule has 0 aromatic rings. The van der Waals surface area contributed by atoms with Gasteiger partial charge in [-0.05, 0) is 122 Å². The standard InChI is InChI=1S/C70H118O6/c1-4-7-10-13-16-19-22-25-28-30-31-32-33-34-35-36-37-38-39-41-42-45-48-51-54-57-60-63-69(72)75-66-67(65-74-68(71)62-59-56-53-50-47-44-27-24-21-18-15-12-9-6-3)76-70(73)64-61-58-55-52-49-46-43-40-29-26-23-20-17-14-11-8-5-2/h7,10,15-16,18-19,24-29,31-32,34-35,37-38,67H,4-6,8-9,11-14,17,20-23,30,33,36,39-66H2,1-3H3/b10-7-,18-15-,19-16-,27-24-,28-25-,29-26-,32-31-,35-34-,38-37-. The van der Waals surface area contributed by atoms with Gasteiger partial charge >= 0.3 is 17.9 Å². The Hall–Kier alpha value is -3.93. The van der Waals surface area contributed by atoms with E-state index in [1.165, 1.54) is 128 Å². The van der Waals surface area contributed by atoms with Crippen LogP contribution in [0.15, 0.2) is 109 Å². The van der Waals surface area contributed by atoms with Gasteiger partial charge in [-0.3, -0.25) is 14.4 Å². The zero-order valence-electron chi connectivity index (χ0n) is 49.7. The van der Waals surface area contributed by atoms with E-state index >= 15 is 0 Å². The van der Waals surface area contributed by atoms with Gasteiger partial charge in [0.1, 0.15) is 13.2 Å². The zero-order chi connectivity index (χ0) is 55.0. The summed E-state index contributed by atoms with van der Waals surface area (Å²) in [5.74, 6) is -0.908. The molecule has 1 unspecified atom stereocenters. The second-order valence-electron chi connectivity index (χ2n) is 20.9. The predicted molar refractivity (Wildman–Crippen MR) is 330 cm³/mol. The lowest BCUT2D eigenvalue weighted by Gasteiger charge is -2.18. The Morgan fingerprint density at radius 1 is 0.276 bits per heavy atom. The lowest BCUT2D eigenvalue weighted by molar-refractivity contribution is -0.167. The van der Waals surface area contributed by atoms with Crippen LogP contribution >= 0.6 is 0 Å². The molecule has 6 nitrogen and oxygen atoms in total. The van der Waals surface area contributed by atoms with Crippen molar-refractivity contribution in [2.75, 3.05) is 13.2 Å². The third-order valence-electron chi connectivity index (χ3n) is 13.5. The van der Waals surface area contributed by atoms with Gasteiger partial charge in [0.25, 0.3) is 0 Å². The number of carbonyl (C=O) groups excluding carboxylic acids is 3. The summed E-state index contributed by atoms with van der Waals surface area (Å²) in [4.78, 5) is 38.3. The van der Waals surface area contributed by atoms with Crippen molar-refractivity contribution >= 4 is 17.9 Å². The highest BCUT2D eigenvalue weighted by Gasteiger charge is 2.19. The quantitative estimate of drug-likeness (QED) is 0.0261. The molecule has 0 saturated heterocycles. The summed E-state index contributed by atoms with van der Waals surface area (Å²) >= 11 is 0. The number of hydrogen-bond acceptors (Lipinski definition) is 6. The molecular weight excluding hydrogens is 937 g/mol. The molecule has 0 fully saturated rings. The van der Waals surface area contributed by atoms with Crippen molar-refractivity contribution in [2.24, 2.45) is 0 Å². The van der Waals surface area contributed by atoms with Crippen LogP contribution in [0.2, 0.25) is 0 Å². The molecule has 0 radical (unpaired) electrons. The summed E-state index contributed by atoms with van der Waals surface area (Å²) in [5, 5.41) is 0. The highest BCUT2D eigenvalue weighted by atomic mass is 16.6. The van der Waals surface area contributed by atoms with Gasteiger partial charge in [-0.25, -0.2) is 0 Å². The minimum Gasteiger partial charge on any atom is -0.462 e. The molecule has 0 aliphatic rings. The number of carbonyl (C=O) groups is 3. The van der Waals surface area contributed by atoms with Crippen LogP contribution in [0.4, 0.5) is 0 Å². The molecule has 0 rings (SSSR count). The first-order valence-electron chi connectivity index (χ1n) is 31.9. The van der Waals surface area contributed by atoms with E-state index in [0.29, 0.717) is 19.3 Å². The maximum Gasteiger partial charge on any atom is 0.306 e. The van der Waals surface area contributed by atoms with Crippen LogP contribution < -0.4 is 0 Å². The molecule has 0 aromatic carbocycles. The molecule has 0 aliphatic heterocycles. The molecule has 0 aliphatic carbocycles. The van der Waals surface area contributed by atoms with E-state index in [0.717, 1.165) is 128 Å². The fourth-order valence-electron chi connectivity index (χ4n) is 8.69. The Labute approximate surface area is 470 Å². The summed E-state index contributed by atoms with van der Waals surface area (Å²) in [6.45, 7) is 6.48. The van der Waals surface area contributed by atoms with Gasteiger partial charge in [-0.2, -0.15) is 0 Å². The second kappa shape index (κ2) is 63.6. The fraction of sp³-hybridized carbons (Fsp3) is 0.700. The third-order valence-corrected chi connectivity index (χ3v) is 13.5. The van der Waals surface area contributed by atoms with Crippen molar-refractivity contribution in [1.29, 1.82) is 0 Å². The molecule has 434 valence electrons. The summed E-state index contributed by atoms with van der Waals surface area (Å²) in [7, 11) is 0. The summed E-state index contributed by atoms with van der Waals surface area (Å²) in [6, 6.07) is 0. The van der Waals surface area contributed by atoms with Crippen molar-refractivity contribution in [3.63, 3.8) is 0 Å². The van der Waals surface area contributed by atoms with Crippen LogP contribution in [-0.2, 0) is 28.6 Å². The Morgan fingerprint density at radius 3 is 0.855 bits per heavy atom. The van der Waals surface area contributed by atoms with Gasteiger partial charge in [-0.15, -0.1) is 0 Å². The van der Waals surface area contributed by atoms with Gasteiger partial charge in [0.05, 0.1) is 0 Å². The monoisotopic (exact) mass is 1050 g/mol. The minimum absolute atomic E-state index is 0.0890. The van der Waals surface area contributed by atoms with Crippen molar-refractivity contribution in [3.8, 4) is 0 Å². The largest absolute Gasteiger partial charge is 0.462 e. The lowest BCUT2D eigenvalue weighted by atomic mass is 10.1. The smallest absolute Gasteiger partial charge is 0.306 e. The SMILES string of the molecule is CC/C=C\C/C=C\C/C=C\C/C=C\C/C=C\C/C=C\CCCCCCCCCCC(=O)OCC(COC(=O)CCCCCCC/C=C\C/C=C\CCCC)OC(=O)CCCCCCCCC/C=C\CCCCCCCC. The minimum atomic E-state index is -0.792. The van der Waals surface area contributed by atoms with Crippen molar-refractivity contribution < 1.29 is 28.6 Å². The Balaban J connectivity index is 4.36. The van der Waals surface area contributed by atoms with E-state index in [1.807, 2.05) is 0 Å². The number of rotatable bonds is 57. The molecule has 0 N–H and O–H groups in total. The number of esters is 3. The molecular formula is C70H118O6. The summed E-state index contributed by atoms with van der Waals surface area (Å²) in [6.07, 6.45) is 86.6. The Kier molecular flexibility index (Phi) is 60.3. The lowest BCUT2D eigenvalue weighted by Crippen LogP contribution is -2.30. The van der Waals surface area contributed by atoms with Gasteiger partial charge in [0.2, 0.25) is 0 Å². The highest BCUT2D eigenvalue weighted by molar-refractivity contribution is 5.71. The second-order valence-corrected chi connectivity index (χ2v) is 20.9. The van der Waals surface area contributed by atoms with Crippen LogP contribution in [0.1, 0.15) is 297 Å². The first-order valence-corrected chi connectivity index (χ1v) is 31.9. The average Bonchev–Trinajstić information content (AvgIpc) is 3.42. The van der Waals surface area contributed by atoms with Crippen LogP contribution in [0.25, 0.3) is 0 Å². The Bertz CT molecular complexity index is 1540. The molecule has 0 bridgehead atoms. The van der Waals surface area contributed by atoms with Gasteiger partial charge in [0.15, 0.2) is 6.10 Å². The zero-order valence-corrected chi connectivity index (χ0v) is 49.7. The molecule has 0 saturated carbocycles. The third kappa shape index (κ3) is 60.9. The normalized spacial score (nSPS) is 12.8. The predicted octanol–water partition coefficient (Wildman–Crippen LogP) is 21.8. The van der Waals surface area contributed by atoms with E-state index in [2.05, 4.69) is 130 Å². The van der Waals surface area contributed by atoms with Gasteiger partial charge in [-0.1, -0.05) is 265 Å². The number of ether oxygens (including phenoxy) is 3. The fourth-order valence-corrected chi connectivity index (χ4v) is 8.69. The molecule has 0 heterocycles. The van der Waals surface area contributed by atoms with Crippen LogP contribution in [0.5, 0.6) is 0 Å². The van der Waals surface area contributed by atoms with Crippen LogP contribution in [0, 0.1) is 0 Å². The van der Waals surface area contributed by atoms with E-state index < -0.39 is 6.10 Å². The van der Waals surface area contributed by atoms with E-state index in [1.54, 1.807) is 0 Å². The first-order chi connectivity index (χ1) is 37.5. The van der Waals surface area contributed by atoms with Gasteiger partial charge in [0, 0.05) is 19.3 Å². The molecule has 76 heavy (non-hydrogen) atoms. The Morgan fingerprint density at radius 2 is 0.526 bits per heavy atom. The van der Waals surface area contributed by atoms with Crippen molar-refractivity contribution in [3.05, 3.63) is 109 Å². The molecule has 0 aromatic heterocycles. The van der Waals surface area contributed by atoms with E-state index in [9.17, 15) is 14.4 Å². The molecule has 1 atom stereocenters. The van der Waals surface area contributed by atoms with Crippen LogP contribution in [0.3, 0.4) is 0 Å². The van der Waals surface area contributed by atoms with E-state index in [4.69, 9.17) is 14.2 Å².